The van der Waals surface area contributed by atoms with Crippen LogP contribution in [0, 0.1) is 0 Å². The molecule has 1 heterocycles. The zero-order valence-corrected chi connectivity index (χ0v) is 11.3. The number of hydrogen-bond acceptors (Lipinski definition) is 2. The molecule has 1 amide bonds. The molecule has 2 N–H and O–H groups in total. The maximum atomic E-state index is 12.3. The van der Waals surface area contributed by atoms with Gasteiger partial charge in [0.2, 0.25) is 5.91 Å². The number of rotatable bonds is 4. The van der Waals surface area contributed by atoms with E-state index in [0.717, 1.165) is 37.9 Å². The fourth-order valence-electron chi connectivity index (χ4n) is 2.54. The highest BCUT2D eigenvalue weighted by Crippen LogP contribution is 2.25. The summed E-state index contributed by atoms with van der Waals surface area (Å²) in [5.41, 5.74) is 1.82. The monoisotopic (exact) mass is 246 g/mol. The molecule has 1 atom stereocenters. The minimum Gasteiger partial charge on any atom is -0.324 e. The van der Waals surface area contributed by atoms with Gasteiger partial charge in [-0.2, -0.15) is 0 Å². The average molecular weight is 246 g/mol. The normalized spacial score (nSPS) is 23.0. The summed E-state index contributed by atoms with van der Waals surface area (Å²) < 4.78 is 0. The smallest absolute Gasteiger partial charge is 0.244 e. The second-order valence-electron chi connectivity index (χ2n) is 4.97. The molecule has 1 aliphatic rings. The maximum Gasteiger partial charge on any atom is 0.244 e. The van der Waals surface area contributed by atoms with Crippen molar-refractivity contribution in [3.63, 3.8) is 0 Å². The Balaban J connectivity index is 2.05. The first-order valence-electron chi connectivity index (χ1n) is 6.85. The lowest BCUT2D eigenvalue weighted by molar-refractivity contribution is -0.122. The van der Waals surface area contributed by atoms with Gasteiger partial charge in [-0.25, -0.2) is 0 Å². The number of benzene rings is 1. The topological polar surface area (TPSA) is 41.1 Å². The molecular formula is C15H22N2O. The van der Waals surface area contributed by atoms with Gasteiger partial charge in [-0.3, -0.25) is 4.79 Å². The van der Waals surface area contributed by atoms with E-state index in [1.807, 2.05) is 12.1 Å². The number of carbonyl (C=O) groups is 1. The molecule has 1 aromatic rings. The van der Waals surface area contributed by atoms with E-state index >= 15 is 0 Å². The molecule has 0 aliphatic carbocycles. The predicted molar refractivity (Wildman–Crippen MR) is 74.7 cm³/mol. The molecule has 1 aromatic carbocycles. The summed E-state index contributed by atoms with van der Waals surface area (Å²) in [4.78, 5) is 12.3. The largest absolute Gasteiger partial charge is 0.324 e. The number of hydrogen-bond donors (Lipinski definition) is 2. The third-order valence-corrected chi connectivity index (χ3v) is 3.90. The summed E-state index contributed by atoms with van der Waals surface area (Å²) in [6.07, 6.45) is 3.87. The number of amides is 1. The van der Waals surface area contributed by atoms with Crippen molar-refractivity contribution >= 4 is 11.6 Å². The molecule has 1 unspecified atom stereocenters. The van der Waals surface area contributed by atoms with Crippen LogP contribution in [-0.2, 0) is 11.2 Å². The van der Waals surface area contributed by atoms with Crippen LogP contribution in [-0.4, -0.2) is 18.0 Å². The van der Waals surface area contributed by atoms with Gasteiger partial charge in [0, 0.05) is 5.69 Å². The highest BCUT2D eigenvalue weighted by Gasteiger charge is 2.38. The summed E-state index contributed by atoms with van der Waals surface area (Å²) in [5.74, 6) is 0.103. The van der Waals surface area contributed by atoms with E-state index in [4.69, 9.17) is 0 Å². The molecule has 3 heteroatoms. The van der Waals surface area contributed by atoms with Crippen LogP contribution in [0.25, 0.3) is 0 Å². The standard InChI is InChI=1S/C15H22N2O/c1-3-12-6-8-13(9-7-12)17-14(18)15(4-2)10-5-11-16-15/h6-9,16H,3-5,10-11H2,1-2H3,(H,17,18). The Bertz CT molecular complexity index is 405. The molecule has 3 nitrogen and oxygen atoms in total. The zero-order valence-electron chi connectivity index (χ0n) is 11.3. The Hall–Kier alpha value is -1.35. The van der Waals surface area contributed by atoms with Gasteiger partial charge in [0.05, 0.1) is 5.54 Å². The number of carbonyl (C=O) groups excluding carboxylic acids is 1. The van der Waals surface area contributed by atoms with Crippen molar-refractivity contribution in [2.24, 2.45) is 0 Å². The van der Waals surface area contributed by atoms with Gasteiger partial charge in [-0.15, -0.1) is 0 Å². The van der Waals surface area contributed by atoms with E-state index in [1.54, 1.807) is 0 Å². The molecule has 0 radical (unpaired) electrons. The lowest BCUT2D eigenvalue weighted by Crippen LogP contribution is -2.50. The number of nitrogens with one attached hydrogen (secondary N) is 2. The molecule has 0 aromatic heterocycles. The van der Waals surface area contributed by atoms with E-state index in [2.05, 4.69) is 36.6 Å². The second-order valence-corrected chi connectivity index (χ2v) is 4.97. The van der Waals surface area contributed by atoms with Gasteiger partial charge in [-0.05, 0) is 49.9 Å². The third kappa shape index (κ3) is 2.56. The van der Waals surface area contributed by atoms with E-state index in [0.29, 0.717) is 0 Å². The van der Waals surface area contributed by atoms with Crippen molar-refractivity contribution in [1.29, 1.82) is 0 Å². The van der Waals surface area contributed by atoms with Crippen LogP contribution in [0.2, 0.25) is 0 Å². The fraction of sp³-hybridized carbons (Fsp3) is 0.533. The Labute approximate surface area is 109 Å². The first-order chi connectivity index (χ1) is 8.70. The number of aryl methyl sites for hydroxylation is 1. The lowest BCUT2D eigenvalue weighted by Gasteiger charge is -2.26. The van der Waals surface area contributed by atoms with Crippen LogP contribution in [0.5, 0.6) is 0 Å². The Kier molecular flexibility index (Phi) is 4.02. The fourth-order valence-corrected chi connectivity index (χ4v) is 2.54. The van der Waals surface area contributed by atoms with Gasteiger partial charge in [-0.1, -0.05) is 26.0 Å². The van der Waals surface area contributed by atoms with Crippen LogP contribution in [0.15, 0.2) is 24.3 Å². The van der Waals surface area contributed by atoms with Crippen molar-refractivity contribution < 1.29 is 4.79 Å². The molecular weight excluding hydrogens is 224 g/mol. The molecule has 1 aliphatic heterocycles. The van der Waals surface area contributed by atoms with Crippen molar-refractivity contribution in [2.45, 2.75) is 45.1 Å². The first-order valence-corrected chi connectivity index (χ1v) is 6.85. The van der Waals surface area contributed by atoms with Crippen LogP contribution in [0.4, 0.5) is 5.69 Å². The highest BCUT2D eigenvalue weighted by molar-refractivity contribution is 5.98. The zero-order chi connectivity index (χ0) is 13.0. The van der Waals surface area contributed by atoms with Crippen molar-refractivity contribution in [2.75, 3.05) is 11.9 Å². The summed E-state index contributed by atoms with van der Waals surface area (Å²) in [5, 5.41) is 6.38. The Morgan fingerprint density at radius 2 is 2.06 bits per heavy atom. The van der Waals surface area contributed by atoms with Gasteiger partial charge in [0.15, 0.2) is 0 Å². The summed E-state index contributed by atoms with van der Waals surface area (Å²) in [6, 6.07) is 8.09. The molecule has 18 heavy (non-hydrogen) atoms. The molecule has 1 fully saturated rings. The summed E-state index contributed by atoms with van der Waals surface area (Å²) in [6.45, 7) is 5.14. The van der Waals surface area contributed by atoms with Crippen LogP contribution in [0.3, 0.4) is 0 Å². The summed E-state index contributed by atoms with van der Waals surface area (Å²) in [7, 11) is 0. The van der Waals surface area contributed by atoms with Gasteiger partial charge < -0.3 is 10.6 Å². The van der Waals surface area contributed by atoms with Crippen LogP contribution in [0.1, 0.15) is 38.7 Å². The van der Waals surface area contributed by atoms with Gasteiger partial charge in [0.1, 0.15) is 0 Å². The van der Waals surface area contributed by atoms with Crippen molar-refractivity contribution in [3.8, 4) is 0 Å². The van der Waals surface area contributed by atoms with E-state index in [9.17, 15) is 4.79 Å². The molecule has 0 bridgehead atoms. The minimum absolute atomic E-state index is 0.103. The van der Waals surface area contributed by atoms with Gasteiger partial charge >= 0.3 is 0 Å². The maximum absolute atomic E-state index is 12.3. The van der Waals surface area contributed by atoms with E-state index in [1.165, 1.54) is 5.56 Å². The molecule has 98 valence electrons. The lowest BCUT2D eigenvalue weighted by atomic mass is 9.93. The predicted octanol–water partition coefficient (Wildman–Crippen LogP) is 2.72. The molecule has 2 rings (SSSR count). The average Bonchev–Trinajstić information content (AvgIpc) is 2.89. The van der Waals surface area contributed by atoms with Crippen LogP contribution >= 0.6 is 0 Å². The molecule has 0 saturated carbocycles. The van der Waals surface area contributed by atoms with E-state index in [-0.39, 0.29) is 11.4 Å². The first kappa shape index (κ1) is 13.1. The third-order valence-electron chi connectivity index (χ3n) is 3.90. The van der Waals surface area contributed by atoms with E-state index < -0.39 is 0 Å². The van der Waals surface area contributed by atoms with Crippen molar-refractivity contribution in [1.82, 2.24) is 5.32 Å². The SMILES string of the molecule is CCc1ccc(NC(=O)C2(CC)CCCN2)cc1. The minimum atomic E-state index is -0.358. The Morgan fingerprint density at radius 1 is 1.33 bits per heavy atom. The van der Waals surface area contributed by atoms with Gasteiger partial charge in [0.25, 0.3) is 0 Å². The summed E-state index contributed by atoms with van der Waals surface area (Å²) >= 11 is 0. The van der Waals surface area contributed by atoms with Crippen LogP contribution < -0.4 is 10.6 Å². The Morgan fingerprint density at radius 3 is 2.56 bits per heavy atom. The highest BCUT2D eigenvalue weighted by atomic mass is 16.2. The quantitative estimate of drug-likeness (QED) is 0.857. The molecule has 0 spiro atoms. The number of anilines is 1. The second kappa shape index (κ2) is 5.53. The molecule has 1 saturated heterocycles. The van der Waals surface area contributed by atoms with Crippen molar-refractivity contribution in [3.05, 3.63) is 29.8 Å².